The van der Waals surface area contributed by atoms with Gasteiger partial charge in [-0.2, -0.15) is 8.42 Å². The maximum absolute atomic E-state index is 11.8. The second kappa shape index (κ2) is 7.06. The van der Waals surface area contributed by atoms with Crippen LogP contribution in [-0.2, 0) is 24.1 Å². The van der Waals surface area contributed by atoms with Crippen molar-refractivity contribution in [2.24, 2.45) is 0 Å². The fourth-order valence-corrected chi connectivity index (χ4v) is 2.30. The molecule has 0 aromatic heterocycles. The summed E-state index contributed by atoms with van der Waals surface area (Å²) in [4.78, 5) is 15.7. The maximum atomic E-state index is 11.8. The molecule has 2 aromatic carbocycles. The number of para-hydroxylation sites is 1. The Hall–Kier alpha value is -2.38. The molecule has 0 aliphatic heterocycles. The first-order valence-corrected chi connectivity index (χ1v) is 7.88. The Kier molecular flexibility index (Phi) is 5.13. The zero-order chi connectivity index (χ0) is 16.0. The molecule has 0 saturated carbocycles. The van der Waals surface area contributed by atoms with Crippen LogP contribution in [0.15, 0.2) is 59.5 Å². The Morgan fingerprint density at radius 3 is 2.32 bits per heavy atom. The molecule has 7 heteroatoms. The van der Waals surface area contributed by atoms with Gasteiger partial charge in [0.25, 0.3) is 0 Å². The Morgan fingerprint density at radius 2 is 1.68 bits per heavy atom. The first-order chi connectivity index (χ1) is 10.5. The Labute approximate surface area is 128 Å². The minimum Gasteiger partial charge on any atom is -0.375 e. The van der Waals surface area contributed by atoms with Crippen LogP contribution in [0.25, 0.3) is 0 Å². The standard InChI is InChI=1S/C15H15NO5S/c1-12-7-9-14(10-8-12)22(18,19)21-20-15(17)11-16-13-5-3-2-4-6-13/h2-10,16H,11H2,1H3. The molecule has 0 saturated heterocycles. The van der Waals surface area contributed by atoms with E-state index in [2.05, 4.69) is 14.5 Å². The van der Waals surface area contributed by atoms with Gasteiger partial charge in [-0.05, 0) is 35.5 Å². The third-order valence-electron chi connectivity index (χ3n) is 2.74. The third kappa shape index (κ3) is 4.57. The van der Waals surface area contributed by atoms with Crippen molar-refractivity contribution in [3.05, 3.63) is 60.2 Å². The molecule has 0 heterocycles. The molecule has 0 radical (unpaired) electrons. The number of anilines is 1. The average Bonchev–Trinajstić information content (AvgIpc) is 2.52. The van der Waals surface area contributed by atoms with Crippen molar-refractivity contribution in [3.8, 4) is 0 Å². The van der Waals surface area contributed by atoms with Crippen molar-refractivity contribution >= 4 is 21.8 Å². The van der Waals surface area contributed by atoms with Crippen LogP contribution in [0.2, 0.25) is 0 Å². The summed E-state index contributed by atoms with van der Waals surface area (Å²) in [6.45, 7) is 1.61. The monoisotopic (exact) mass is 321 g/mol. The first kappa shape index (κ1) is 16.0. The number of aryl methyl sites for hydroxylation is 1. The normalized spacial score (nSPS) is 11.0. The van der Waals surface area contributed by atoms with Crippen molar-refractivity contribution in [3.63, 3.8) is 0 Å². The van der Waals surface area contributed by atoms with E-state index < -0.39 is 16.1 Å². The molecule has 6 nitrogen and oxygen atoms in total. The van der Waals surface area contributed by atoms with Gasteiger partial charge in [0.1, 0.15) is 6.54 Å². The molecule has 2 rings (SSSR count). The number of rotatable bonds is 6. The van der Waals surface area contributed by atoms with Gasteiger partial charge in [-0.1, -0.05) is 35.9 Å². The average molecular weight is 321 g/mol. The Morgan fingerprint density at radius 1 is 1.05 bits per heavy atom. The molecule has 1 N–H and O–H groups in total. The predicted octanol–water partition coefficient (Wildman–Crippen LogP) is 2.27. The minimum atomic E-state index is -4.13. The minimum absolute atomic E-state index is 0.0816. The number of hydrogen-bond donors (Lipinski definition) is 1. The van der Waals surface area contributed by atoms with E-state index in [1.54, 1.807) is 36.4 Å². The second-order valence-corrected chi connectivity index (χ2v) is 6.03. The Balaban J connectivity index is 1.86. The van der Waals surface area contributed by atoms with Gasteiger partial charge >= 0.3 is 16.1 Å². The lowest BCUT2D eigenvalue weighted by atomic mass is 10.2. The van der Waals surface area contributed by atoms with E-state index in [0.717, 1.165) is 5.56 Å². The van der Waals surface area contributed by atoms with Crippen LogP contribution >= 0.6 is 0 Å². The summed E-state index contributed by atoms with van der Waals surface area (Å²) in [7, 11) is -4.13. The lowest BCUT2D eigenvalue weighted by Crippen LogP contribution is -2.19. The van der Waals surface area contributed by atoms with Crippen molar-refractivity contribution in [1.82, 2.24) is 0 Å². The molecular formula is C15H15NO5S. The molecule has 0 bridgehead atoms. The van der Waals surface area contributed by atoms with Crippen LogP contribution in [0.1, 0.15) is 5.56 Å². The van der Waals surface area contributed by atoms with Crippen LogP contribution < -0.4 is 5.32 Å². The molecule has 0 aliphatic carbocycles. The van der Waals surface area contributed by atoms with Gasteiger partial charge in [0, 0.05) is 5.69 Å². The van der Waals surface area contributed by atoms with Crippen molar-refractivity contribution in [2.75, 3.05) is 11.9 Å². The van der Waals surface area contributed by atoms with Crippen LogP contribution in [-0.4, -0.2) is 20.9 Å². The molecule has 2 aromatic rings. The van der Waals surface area contributed by atoms with Crippen LogP contribution in [0, 0.1) is 6.92 Å². The fourth-order valence-electron chi connectivity index (χ4n) is 1.59. The molecular weight excluding hydrogens is 306 g/mol. The van der Waals surface area contributed by atoms with Gasteiger partial charge in [-0.15, -0.1) is 0 Å². The summed E-state index contributed by atoms with van der Waals surface area (Å²) in [6.07, 6.45) is 0. The third-order valence-corrected chi connectivity index (χ3v) is 3.83. The lowest BCUT2D eigenvalue weighted by Gasteiger charge is -2.06. The number of carbonyl (C=O) groups excluding carboxylic acids is 1. The van der Waals surface area contributed by atoms with Crippen LogP contribution in [0.5, 0.6) is 0 Å². The molecule has 0 unspecified atom stereocenters. The SMILES string of the molecule is Cc1ccc(S(=O)(=O)OOC(=O)CNc2ccccc2)cc1. The highest BCUT2D eigenvalue weighted by atomic mass is 32.2. The Bertz CT molecular complexity index is 726. The summed E-state index contributed by atoms with van der Waals surface area (Å²) < 4.78 is 27.9. The van der Waals surface area contributed by atoms with Crippen LogP contribution in [0.4, 0.5) is 5.69 Å². The largest absolute Gasteiger partial charge is 0.375 e. The van der Waals surface area contributed by atoms with E-state index in [0.29, 0.717) is 5.69 Å². The van der Waals surface area contributed by atoms with Gasteiger partial charge in [0.15, 0.2) is 0 Å². The predicted molar refractivity (Wildman–Crippen MR) is 80.5 cm³/mol. The lowest BCUT2D eigenvalue weighted by molar-refractivity contribution is -0.208. The maximum Gasteiger partial charge on any atom is 0.362 e. The molecule has 116 valence electrons. The fraction of sp³-hybridized carbons (Fsp3) is 0.133. The molecule has 0 amide bonds. The van der Waals surface area contributed by atoms with E-state index >= 15 is 0 Å². The molecule has 0 aliphatic rings. The topological polar surface area (TPSA) is 81.7 Å². The summed E-state index contributed by atoms with van der Waals surface area (Å²) in [5.41, 5.74) is 1.61. The highest BCUT2D eigenvalue weighted by Gasteiger charge is 2.18. The zero-order valence-electron chi connectivity index (χ0n) is 11.9. The van der Waals surface area contributed by atoms with E-state index in [-0.39, 0.29) is 11.4 Å². The van der Waals surface area contributed by atoms with E-state index in [1.165, 1.54) is 12.1 Å². The molecule has 0 fully saturated rings. The number of benzene rings is 2. The quantitative estimate of drug-likeness (QED) is 0.649. The second-order valence-electron chi connectivity index (χ2n) is 4.51. The van der Waals surface area contributed by atoms with Crippen molar-refractivity contribution in [2.45, 2.75) is 11.8 Å². The smallest absolute Gasteiger partial charge is 0.362 e. The van der Waals surface area contributed by atoms with Gasteiger partial charge < -0.3 is 5.32 Å². The van der Waals surface area contributed by atoms with Gasteiger partial charge in [-0.25, -0.2) is 4.79 Å². The summed E-state index contributed by atoms with van der Waals surface area (Å²) in [5, 5.41) is 2.78. The van der Waals surface area contributed by atoms with E-state index in [4.69, 9.17) is 0 Å². The highest BCUT2D eigenvalue weighted by Crippen LogP contribution is 2.13. The summed E-state index contributed by atoms with van der Waals surface area (Å²) >= 11 is 0. The zero-order valence-corrected chi connectivity index (χ0v) is 12.7. The molecule has 22 heavy (non-hydrogen) atoms. The summed E-state index contributed by atoms with van der Waals surface area (Å²) in [6, 6.07) is 14.9. The molecule has 0 spiro atoms. The summed E-state index contributed by atoms with van der Waals surface area (Å²) in [5.74, 6) is -0.848. The van der Waals surface area contributed by atoms with Gasteiger partial charge in [0.2, 0.25) is 0 Å². The first-order valence-electron chi connectivity index (χ1n) is 6.47. The highest BCUT2D eigenvalue weighted by molar-refractivity contribution is 7.86. The van der Waals surface area contributed by atoms with Crippen LogP contribution in [0.3, 0.4) is 0 Å². The van der Waals surface area contributed by atoms with Crippen molar-refractivity contribution < 1.29 is 22.4 Å². The van der Waals surface area contributed by atoms with Gasteiger partial charge in [0.05, 0.1) is 4.90 Å². The van der Waals surface area contributed by atoms with Gasteiger partial charge in [-0.3, -0.25) is 4.89 Å². The number of nitrogens with one attached hydrogen (secondary N) is 1. The number of carbonyl (C=O) groups is 1. The number of hydrogen-bond acceptors (Lipinski definition) is 6. The van der Waals surface area contributed by atoms with E-state index in [9.17, 15) is 13.2 Å². The molecule has 0 atom stereocenters. The van der Waals surface area contributed by atoms with Crippen molar-refractivity contribution in [1.29, 1.82) is 0 Å². The van der Waals surface area contributed by atoms with E-state index in [1.807, 2.05) is 13.0 Å².